The first-order chi connectivity index (χ1) is 12.7. The Kier molecular flexibility index (Phi) is 8.01. The predicted octanol–water partition coefficient (Wildman–Crippen LogP) is 5.89. The fraction of sp³-hybridized carbons (Fsp3) is 0.143. The van der Waals surface area contributed by atoms with Crippen LogP contribution in [-0.2, 0) is 45.5 Å². The van der Waals surface area contributed by atoms with Crippen molar-refractivity contribution in [1.29, 1.82) is 0 Å². The van der Waals surface area contributed by atoms with Crippen LogP contribution >= 0.6 is 18.1 Å². The van der Waals surface area contributed by atoms with Gasteiger partial charge >= 0.3 is 171 Å². The van der Waals surface area contributed by atoms with Crippen LogP contribution in [0.25, 0.3) is 0 Å². The Bertz CT molecular complexity index is 663. The summed E-state index contributed by atoms with van der Waals surface area (Å²) in [5.74, 6) is 0. The van der Waals surface area contributed by atoms with E-state index in [1.165, 1.54) is 0 Å². The van der Waals surface area contributed by atoms with Gasteiger partial charge in [-0.15, -0.1) is 0 Å². The van der Waals surface area contributed by atoms with Gasteiger partial charge in [-0.1, -0.05) is 0 Å². The van der Waals surface area contributed by atoms with Gasteiger partial charge in [-0.05, 0) is 0 Å². The third kappa shape index (κ3) is 6.70. The van der Waals surface area contributed by atoms with E-state index >= 15 is 0 Å². The Hall–Kier alpha value is -0.860. The van der Waals surface area contributed by atoms with E-state index in [9.17, 15) is 0 Å². The van der Waals surface area contributed by atoms with Crippen LogP contribution in [0, 0.1) is 0 Å². The van der Waals surface area contributed by atoms with E-state index in [0.717, 1.165) is 16.7 Å². The van der Waals surface area contributed by atoms with Crippen molar-refractivity contribution < 1.29 is 25.7 Å². The predicted molar refractivity (Wildman–Crippen MR) is 108 cm³/mol. The van der Waals surface area contributed by atoms with Gasteiger partial charge in [0.1, 0.15) is 0 Å². The molecule has 0 amide bonds. The quantitative estimate of drug-likeness (QED) is 0.219. The third-order valence-electron chi connectivity index (χ3n) is 3.76. The molecule has 0 aliphatic heterocycles. The van der Waals surface area contributed by atoms with Crippen molar-refractivity contribution in [2.75, 3.05) is 0 Å². The monoisotopic (exact) mass is 628 g/mol. The third-order valence-corrected chi connectivity index (χ3v) is 16.7. The summed E-state index contributed by atoms with van der Waals surface area (Å²) in [6.45, 7) is 1.53. The summed E-state index contributed by atoms with van der Waals surface area (Å²) in [5.41, 5.74) is 3.38. The normalized spacial score (nSPS) is 11.4. The Morgan fingerprint density at radius 1 is 0.500 bits per heavy atom. The van der Waals surface area contributed by atoms with E-state index in [0.29, 0.717) is 19.8 Å². The minimum absolute atomic E-state index is 0.509. The van der Waals surface area contributed by atoms with Crippen molar-refractivity contribution >= 4 is 18.1 Å². The van der Waals surface area contributed by atoms with Gasteiger partial charge < -0.3 is 0 Å². The summed E-state index contributed by atoms with van der Waals surface area (Å²) >= 11 is -1.51. The molecule has 0 heterocycles. The van der Waals surface area contributed by atoms with E-state index in [2.05, 4.69) is 54.5 Å². The van der Waals surface area contributed by atoms with Gasteiger partial charge in [0.2, 0.25) is 0 Å². The zero-order valence-corrected chi connectivity index (χ0v) is 20.1. The molecule has 3 nitrogen and oxygen atoms in total. The summed E-state index contributed by atoms with van der Waals surface area (Å²) in [5, 5.41) is 0. The molecule has 0 aliphatic rings. The van der Waals surface area contributed by atoms with Gasteiger partial charge in [0.15, 0.2) is 0 Å². The van der Waals surface area contributed by atoms with Crippen LogP contribution in [0.4, 0.5) is 0 Å². The summed E-state index contributed by atoms with van der Waals surface area (Å²) in [6, 6.07) is 30.4. The molecular weight excluding hydrogens is 606 g/mol. The first-order valence-corrected chi connectivity index (χ1v) is 23.0. The van der Waals surface area contributed by atoms with Crippen LogP contribution in [0.1, 0.15) is 16.7 Å². The fourth-order valence-corrected chi connectivity index (χ4v) is 10.7. The molecule has 0 saturated carbocycles. The molecule has 0 fully saturated rings. The molecule has 5 heteroatoms. The van der Waals surface area contributed by atoms with Crippen LogP contribution in [-0.4, -0.2) is 0 Å². The summed E-state index contributed by atoms with van der Waals surface area (Å²) in [7, 11) is 0. The van der Waals surface area contributed by atoms with Crippen LogP contribution in [0.5, 0.6) is 0 Å². The molecule has 0 spiro atoms. The Balaban J connectivity index is 1.64. The molecule has 3 rings (SSSR count). The number of halogens is 1. The Labute approximate surface area is 170 Å². The van der Waals surface area contributed by atoms with E-state index in [4.69, 9.17) is 8.56 Å². The molecule has 26 heavy (non-hydrogen) atoms. The van der Waals surface area contributed by atoms with Crippen molar-refractivity contribution in [1.82, 2.24) is 0 Å². The maximum absolute atomic E-state index is 6.22. The number of hydrogen-bond acceptors (Lipinski definition) is 3. The van der Waals surface area contributed by atoms with E-state index in [1.54, 1.807) is 0 Å². The molecule has 0 aromatic heterocycles. The zero-order valence-electron chi connectivity index (χ0n) is 14.4. The molecule has 0 atom stereocenters. The van der Waals surface area contributed by atoms with Crippen molar-refractivity contribution in [3.05, 3.63) is 108 Å². The van der Waals surface area contributed by atoms with Crippen molar-refractivity contribution in [2.45, 2.75) is 19.8 Å². The van der Waals surface area contributed by atoms with Crippen molar-refractivity contribution in [3.8, 4) is 0 Å². The summed E-state index contributed by atoms with van der Waals surface area (Å²) < 4.78 is 18.7. The molecule has 0 aliphatic carbocycles. The van der Waals surface area contributed by atoms with Gasteiger partial charge in [0, 0.05) is 0 Å². The van der Waals surface area contributed by atoms with Crippen LogP contribution in [0.15, 0.2) is 91.0 Å². The van der Waals surface area contributed by atoms with Gasteiger partial charge in [-0.25, -0.2) is 0 Å². The second-order valence-electron chi connectivity index (χ2n) is 5.80. The van der Waals surface area contributed by atoms with Gasteiger partial charge in [0.05, 0.1) is 0 Å². The topological polar surface area (TPSA) is 27.7 Å². The van der Waals surface area contributed by atoms with Crippen molar-refractivity contribution in [2.24, 2.45) is 0 Å². The molecule has 0 N–H and O–H groups in total. The van der Waals surface area contributed by atoms with Gasteiger partial charge in [0.25, 0.3) is 0 Å². The molecule has 0 unspecified atom stereocenters. The second kappa shape index (κ2) is 10.5. The zero-order chi connectivity index (χ0) is 18.1. The summed E-state index contributed by atoms with van der Waals surface area (Å²) in [4.78, 5) is 0. The molecule has 3 aromatic carbocycles. The minimum atomic E-state index is -3.82. The molecule has 0 bridgehead atoms. The van der Waals surface area contributed by atoms with Crippen LogP contribution in [0.3, 0.4) is 0 Å². The molecule has 134 valence electrons. The number of hydrogen-bond donors (Lipinski definition) is 0. The van der Waals surface area contributed by atoms with Crippen molar-refractivity contribution in [3.63, 3.8) is 0 Å². The molecular formula is C21H21HfIO3. The average Bonchev–Trinajstić information content (AvgIpc) is 2.72. The van der Waals surface area contributed by atoms with Crippen LogP contribution in [0.2, 0.25) is 0 Å². The Morgan fingerprint density at radius 2 is 0.769 bits per heavy atom. The standard InChI is InChI=1S/3C7H7O.Hf.HI/c3*8-6-7-4-2-1-3-5-7;;/h3*1-5H,6H2;;1H/q3*-1;+4;/p-1. The van der Waals surface area contributed by atoms with Gasteiger partial charge in [-0.3, -0.25) is 0 Å². The fourth-order valence-electron chi connectivity index (χ4n) is 2.36. The molecule has 0 saturated heterocycles. The SMILES string of the molecule is [I][Hf]([O]Cc1ccccc1)([O]Cc1ccccc1)[O]Cc1ccccc1. The van der Waals surface area contributed by atoms with E-state index < -0.39 is 17.1 Å². The van der Waals surface area contributed by atoms with Gasteiger partial charge in [-0.2, -0.15) is 0 Å². The maximum atomic E-state index is 6.22. The first kappa shape index (κ1) is 19.9. The van der Waals surface area contributed by atoms with Crippen LogP contribution < -0.4 is 0 Å². The average molecular weight is 627 g/mol. The van der Waals surface area contributed by atoms with E-state index in [1.807, 2.05) is 54.6 Å². The molecule has 3 aromatic rings. The second-order valence-corrected chi connectivity index (χ2v) is 23.2. The van der Waals surface area contributed by atoms with E-state index in [-0.39, 0.29) is 0 Å². The Morgan fingerprint density at radius 3 is 1.04 bits per heavy atom. The number of benzene rings is 3. The summed E-state index contributed by atoms with van der Waals surface area (Å²) in [6.07, 6.45) is 0. The first-order valence-electron chi connectivity index (χ1n) is 8.46. The molecule has 0 radical (unpaired) electrons. The number of rotatable bonds is 9.